The van der Waals surface area contributed by atoms with Crippen LogP contribution in [0.1, 0.15) is 310 Å². The Balaban J connectivity index is 5.43. The molecule has 0 aliphatic heterocycles. The normalized spacial score (nSPS) is 14.7. The Morgan fingerprint density at radius 1 is 0.274 bits per heavy atom. The third kappa shape index (κ3) is 76.9. The van der Waals surface area contributed by atoms with E-state index in [1.807, 2.05) is 0 Å². The van der Waals surface area contributed by atoms with Gasteiger partial charge in [0.15, 0.2) is 12.2 Å². The lowest BCUT2D eigenvalue weighted by atomic mass is 10.1. The largest absolute Gasteiger partial charge is 0.472 e. The first kappa shape index (κ1) is 101. The Bertz CT molecular complexity index is 2630. The number of hydrogen-bond donors (Lipinski definition) is 3. The summed E-state index contributed by atoms with van der Waals surface area (Å²) in [5.41, 5.74) is 0. The van der Waals surface area contributed by atoms with E-state index in [9.17, 15) is 43.2 Å². The second-order valence-corrected chi connectivity index (χ2v) is 29.5. The monoisotopic (exact) mass is 1520 g/mol. The van der Waals surface area contributed by atoms with E-state index in [4.69, 9.17) is 37.0 Å². The number of hydrogen-bond acceptors (Lipinski definition) is 15. The van der Waals surface area contributed by atoms with Gasteiger partial charge in [-0.3, -0.25) is 37.3 Å². The molecule has 0 amide bonds. The molecule has 5 unspecified atom stereocenters. The Morgan fingerprint density at radius 2 is 0.491 bits per heavy atom. The molecule has 0 saturated heterocycles. The number of phosphoric ester groups is 2. The van der Waals surface area contributed by atoms with Crippen LogP contribution in [0.25, 0.3) is 0 Å². The Kier molecular flexibility index (Phi) is 73.9. The molecule has 0 aliphatic carbocycles. The van der Waals surface area contributed by atoms with Gasteiger partial charge in [0.1, 0.15) is 19.3 Å². The minimum Gasteiger partial charge on any atom is -0.462 e. The Morgan fingerprint density at radius 3 is 0.774 bits per heavy atom. The quantitative estimate of drug-likeness (QED) is 0.0169. The summed E-state index contributed by atoms with van der Waals surface area (Å²) in [6.07, 6.45) is 90.7. The van der Waals surface area contributed by atoms with E-state index in [-0.39, 0.29) is 25.7 Å². The van der Waals surface area contributed by atoms with E-state index in [0.29, 0.717) is 25.7 Å². The minimum absolute atomic E-state index is 0.0539. The van der Waals surface area contributed by atoms with E-state index >= 15 is 0 Å². The van der Waals surface area contributed by atoms with E-state index in [0.717, 1.165) is 205 Å². The second kappa shape index (κ2) is 77.8. The van der Waals surface area contributed by atoms with Crippen molar-refractivity contribution in [3.63, 3.8) is 0 Å². The van der Waals surface area contributed by atoms with Crippen LogP contribution >= 0.6 is 15.6 Å². The van der Waals surface area contributed by atoms with Crippen molar-refractivity contribution in [1.82, 2.24) is 0 Å². The van der Waals surface area contributed by atoms with Gasteiger partial charge in [-0.15, -0.1) is 0 Å². The van der Waals surface area contributed by atoms with Gasteiger partial charge in [0.05, 0.1) is 26.4 Å². The number of carbonyl (C=O) groups excluding carboxylic acids is 4. The molecule has 19 heteroatoms. The molecule has 3 N–H and O–H groups in total. The number of rotatable bonds is 75. The molecule has 17 nitrogen and oxygen atoms in total. The molecule has 106 heavy (non-hydrogen) atoms. The van der Waals surface area contributed by atoms with Crippen LogP contribution in [0.5, 0.6) is 0 Å². The third-order valence-electron chi connectivity index (χ3n) is 16.5. The molecule has 0 saturated carbocycles. The number of phosphoric acid groups is 2. The molecule has 0 heterocycles. The lowest BCUT2D eigenvalue weighted by molar-refractivity contribution is -0.161. The molecular weight excluding hydrogens is 1380 g/mol. The fraction of sp³-hybridized carbons (Fsp3) is 0.655. The first-order valence-electron chi connectivity index (χ1n) is 40.7. The number of aliphatic hydroxyl groups is 1. The molecule has 0 radical (unpaired) electrons. The average Bonchev–Trinajstić information content (AvgIpc) is 0.907. The van der Waals surface area contributed by atoms with Crippen molar-refractivity contribution in [3.8, 4) is 0 Å². The number of carbonyl (C=O) groups is 4. The summed E-state index contributed by atoms with van der Waals surface area (Å²) >= 11 is 0. The predicted octanol–water partition coefficient (Wildman–Crippen LogP) is 24.0. The van der Waals surface area contributed by atoms with Crippen molar-refractivity contribution in [2.75, 3.05) is 39.6 Å². The van der Waals surface area contributed by atoms with Crippen LogP contribution in [0.4, 0.5) is 0 Å². The van der Waals surface area contributed by atoms with Gasteiger partial charge in [-0.05, 0) is 167 Å². The summed E-state index contributed by atoms with van der Waals surface area (Å²) in [6.45, 7) is 4.44. The first-order valence-corrected chi connectivity index (χ1v) is 43.7. The fourth-order valence-corrected chi connectivity index (χ4v) is 11.9. The first-order chi connectivity index (χ1) is 51.7. The van der Waals surface area contributed by atoms with Crippen LogP contribution in [-0.4, -0.2) is 96.7 Å². The van der Waals surface area contributed by atoms with Gasteiger partial charge in [-0.2, -0.15) is 0 Å². The van der Waals surface area contributed by atoms with E-state index in [1.165, 1.54) is 25.7 Å². The molecule has 0 aromatic rings. The molecule has 0 bridgehead atoms. The highest BCUT2D eigenvalue weighted by Crippen LogP contribution is 2.45. The van der Waals surface area contributed by atoms with Crippen molar-refractivity contribution in [2.24, 2.45) is 0 Å². The van der Waals surface area contributed by atoms with Gasteiger partial charge < -0.3 is 33.8 Å². The zero-order valence-corrected chi connectivity index (χ0v) is 67.8. The molecule has 0 fully saturated rings. The maximum atomic E-state index is 13.1. The summed E-state index contributed by atoms with van der Waals surface area (Å²) in [5, 5.41) is 10.7. The van der Waals surface area contributed by atoms with E-state index < -0.39 is 97.5 Å². The summed E-state index contributed by atoms with van der Waals surface area (Å²) < 4.78 is 68.6. The fourth-order valence-electron chi connectivity index (χ4n) is 10.4. The van der Waals surface area contributed by atoms with Crippen LogP contribution in [0.3, 0.4) is 0 Å². The maximum Gasteiger partial charge on any atom is 0.472 e. The van der Waals surface area contributed by atoms with Gasteiger partial charge >= 0.3 is 39.5 Å². The number of esters is 4. The SMILES string of the molecule is CC/C=C\C/C=C\C/C=C\C/C=C\C/C=C\CCCCCC(=O)OCC(COP(=O)(O)OCC(O)COP(=O)(O)OCC(COC(=O)CCCCCCCCC/C=C\C/C=C\C/C=C\CC)OC(=O)CCCCCCC/C=C\CCCCCC)OC(=O)CCCCCC/C=C\C/C=C\C/C=C\C/C=C\CC. The molecule has 0 aromatic carbocycles. The molecule has 0 aliphatic rings. The van der Waals surface area contributed by atoms with Gasteiger partial charge in [0.25, 0.3) is 0 Å². The van der Waals surface area contributed by atoms with Crippen LogP contribution < -0.4 is 0 Å². The van der Waals surface area contributed by atoms with Crippen molar-refractivity contribution < 1.29 is 80.2 Å². The predicted molar refractivity (Wildman–Crippen MR) is 436 cm³/mol. The number of allylic oxidation sites excluding steroid dienone is 26. The lowest BCUT2D eigenvalue weighted by Gasteiger charge is -2.21. The minimum atomic E-state index is -5.00. The standard InChI is InChI=1S/C87H144O17P2/c1-5-9-13-17-21-25-29-33-36-39-40-43-45-49-52-56-60-64-68-72-85(90)98-78-83(104-87(92)74-70-66-62-58-54-50-46-42-38-35-31-27-23-19-15-11-7-3)80-102-106(95,96)100-76-81(88)75-99-105(93,94)101-79-82(103-86(91)73-69-65-61-57-53-47-32-28-24-20-16-12-8-4)77-97-84(89)71-67-63-59-55-51-48-44-41-37-34-30-26-22-18-14-10-6-2/h9-11,13-15,21-23,25-28,32-38,40,43,46,49-50,52,81-83,88H,5-8,12,16-20,24,29-31,39,41-42,44-45,47-48,51,53-80H2,1-4H3,(H,93,94)(H,95,96)/b13-9-,14-10-,15-11-,25-21-,26-22-,27-23-,32-28-,36-33-,37-34-,38-35-,43-40-,50-46-,52-49-. The van der Waals surface area contributed by atoms with Crippen molar-refractivity contribution in [1.29, 1.82) is 0 Å². The highest BCUT2D eigenvalue weighted by atomic mass is 31.2. The van der Waals surface area contributed by atoms with Crippen LogP contribution in [0.2, 0.25) is 0 Å². The molecule has 5 atom stereocenters. The average molecular weight is 1520 g/mol. The van der Waals surface area contributed by atoms with Crippen LogP contribution in [-0.2, 0) is 65.4 Å². The highest BCUT2D eigenvalue weighted by Gasteiger charge is 2.30. The molecule has 0 spiro atoms. The molecule has 0 rings (SSSR count). The van der Waals surface area contributed by atoms with Crippen molar-refractivity contribution >= 4 is 39.5 Å². The van der Waals surface area contributed by atoms with Gasteiger partial charge in [-0.25, -0.2) is 9.13 Å². The molecular formula is C87H144O17P2. The molecule has 604 valence electrons. The topological polar surface area (TPSA) is 237 Å². The van der Waals surface area contributed by atoms with Gasteiger partial charge in [0, 0.05) is 25.7 Å². The highest BCUT2D eigenvalue weighted by molar-refractivity contribution is 7.47. The van der Waals surface area contributed by atoms with Crippen LogP contribution in [0.15, 0.2) is 158 Å². The Labute approximate surface area is 642 Å². The number of aliphatic hydroxyl groups excluding tert-OH is 1. The van der Waals surface area contributed by atoms with Crippen LogP contribution in [0, 0.1) is 0 Å². The summed E-state index contributed by atoms with van der Waals surface area (Å²) in [6, 6.07) is 0. The van der Waals surface area contributed by atoms with E-state index in [1.54, 1.807) is 0 Å². The zero-order valence-electron chi connectivity index (χ0n) is 66.1. The maximum absolute atomic E-state index is 13.1. The zero-order chi connectivity index (χ0) is 77.4. The Hall–Kier alpha value is -5.32. The van der Waals surface area contributed by atoms with E-state index in [2.05, 4.69) is 186 Å². The number of ether oxygens (including phenoxy) is 4. The summed E-state index contributed by atoms with van der Waals surface area (Å²) in [4.78, 5) is 73.1. The lowest BCUT2D eigenvalue weighted by Crippen LogP contribution is -2.30. The smallest absolute Gasteiger partial charge is 0.462 e. The number of unbranched alkanes of at least 4 members (excludes halogenated alkanes) is 23. The summed E-state index contributed by atoms with van der Waals surface area (Å²) in [7, 11) is -9.99. The molecule has 0 aromatic heterocycles. The van der Waals surface area contributed by atoms with Crippen molar-refractivity contribution in [3.05, 3.63) is 158 Å². The van der Waals surface area contributed by atoms with Gasteiger partial charge in [-0.1, -0.05) is 276 Å². The van der Waals surface area contributed by atoms with Crippen molar-refractivity contribution in [2.45, 2.75) is 329 Å². The second-order valence-electron chi connectivity index (χ2n) is 26.6. The third-order valence-corrected chi connectivity index (χ3v) is 18.4. The van der Waals surface area contributed by atoms with Gasteiger partial charge in [0.2, 0.25) is 0 Å². The summed E-state index contributed by atoms with van der Waals surface area (Å²) in [5.74, 6) is -2.26.